The summed E-state index contributed by atoms with van der Waals surface area (Å²) in [7, 11) is 0. The van der Waals surface area contributed by atoms with E-state index in [1.54, 1.807) is 23.9 Å². The first-order chi connectivity index (χ1) is 10.2. The van der Waals surface area contributed by atoms with Gasteiger partial charge in [-0.05, 0) is 31.7 Å². The molecule has 0 bridgehead atoms. The zero-order valence-corrected chi connectivity index (χ0v) is 16.6. The molecule has 7 heteroatoms. The molecular weight excluding hydrogens is 436 g/mol. The van der Waals surface area contributed by atoms with Crippen molar-refractivity contribution in [2.24, 2.45) is 4.99 Å². The molecule has 2 rings (SSSR count). The summed E-state index contributed by atoms with van der Waals surface area (Å²) < 4.78 is 13.9. The molecule has 0 aromatic heterocycles. The summed E-state index contributed by atoms with van der Waals surface area (Å²) in [6.45, 7) is 3.61. The molecule has 0 spiro atoms. The van der Waals surface area contributed by atoms with Crippen molar-refractivity contribution < 1.29 is 4.39 Å². The first-order valence-corrected chi connectivity index (χ1v) is 8.92. The number of rotatable bonds is 6. The molecule has 1 saturated carbocycles. The largest absolute Gasteiger partial charge is 0.357 e. The molecular formula is C15H22ClFIN3S. The number of halogens is 3. The maximum atomic E-state index is 13.9. The van der Waals surface area contributed by atoms with E-state index in [0.717, 1.165) is 31.2 Å². The van der Waals surface area contributed by atoms with Gasteiger partial charge in [-0.25, -0.2) is 4.39 Å². The minimum atomic E-state index is -0.221. The highest BCUT2D eigenvalue weighted by Gasteiger charge is 2.41. The Morgan fingerprint density at radius 3 is 2.91 bits per heavy atom. The Morgan fingerprint density at radius 1 is 1.50 bits per heavy atom. The number of hydrogen-bond donors (Lipinski definition) is 2. The summed E-state index contributed by atoms with van der Waals surface area (Å²) in [5.74, 6) is 1.69. The molecule has 1 aromatic rings. The van der Waals surface area contributed by atoms with Crippen LogP contribution in [-0.2, 0) is 0 Å². The van der Waals surface area contributed by atoms with Crippen molar-refractivity contribution in [1.29, 1.82) is 0 Å². The maximum Gasteiger partial charge on any atom is 0.191 e. The molecule has 1 aliphatic carbocycles. The van der Waals surface area contributed by atoms with Crippen molar-refractivity contribution in [3.8, 4) is 0 Å². The second kappa shape index (κ2) is 9.82. The third kappa shape index (κ3) is 5.45. The molecule has 3 nitrogen and oxygen atoms in total. The summed E-state index contributed by atoms with van der Waals surface area (Å²) in [5, 5.41) is 7.08. The molecule has 2 unspecified atom stereocenters. The molecule has 2 atom stereocenters. The highest BCUT2D eigenvalue weighted by Crippen LogP contribution is 2.44. The van der Waals surface area contributed by atoms with Gasteiger partial charge in [0.2, 0.25) is 0 Å². The molecule has 0 amide bonds. The zero-order valence-electron chi connectivity index (χ0n) is 12.7. The van der Waals surface area contributed by atoms with Crippen molar-refractivity contribution in [2.75, 3.05) is 25.1 Å². The smallest absolute Gasteiger partial charge is 0.191 e. The zero-order chi connectivity index (χ0) is 15.2. The third-order valence-electron chi connectivity index (χ3n) is 3.39. The van der Waals surface area contributed by atoms with Gasteiger partial charge in [-0.3, -0.25) is 4.99 Å². The van der Waals surface area contributed by atoms with Crippen LogP contribution in [0.4, 0.5) is 4.39 Å². The lowest BCUT2D eigenvalue weighted by atomic mass is 10.1. The number of aliphatic imine (C=N–C) groups is 1. The summed E-state index contributed by atoms with van der Waals surface area (Å²) in [4.78, 5) is 4.50. The molecule has 22 heavy (non-hydrogen) atoms. The Bertz CT molecular complexity index is 495. The van der Waals surface area contributed by atoms with Gasteiger partial charge in [-0.15, -0.1) is 24.0 Å². The Hall–Kier alpha value is -0.210. The van der Waals surface area contributed by atoms with Crippen molar-refractivity contribution in [1.82, 2.24) is 10.6 Å². The van der Waals surface area contributed by atoms with Gasteiger partial charge in [0.05, 0.1) is 6.54 Å². The van der Waals surface area contributed by atoms with E-state index in [1.807, 2.05) is 6.92 Å². The number of nitrogens with one attached hydrogen (secondary N) is 2. The molecule has 0 heterocycles. The van der Waals surface area contributed by atoms with Gasteiger partial charge in [0, 0.05) is 34.8 Å². The molecule has 124 valence electrons. The molecule has 1 aromatic carbocycles. The Balaban J connectivity index is 0.00000242. The lowest BCUT2D eigenvalue weighted by molar-refractivity contribution is 0.608. The summed E-state index contributed by atoms with van der Waals surface area (Å²) >= 11 is 7.88. The van der Waals surface area contributed by atoms with Crippen LogP contribution in [-0.4, -0.2) is 37.1 Å². The average molecular weight is 458 g/mol. The number of thioether (sulfide) groups is 1. The number of guanidine groups is 1. The van der Waals surface area contributed by atoms with E-state index >= 15 is 0 Å². The monoisotopic (exact) mass is 457 g/mol. The van der Waals surface area contributed by atoms with Crippen molar-refractivity contribution in [2.45, 2.75) is 25.3 Å². The van der Waals surface area contributed by atoms with Gasteiger partial charge in [0.25, 0.3) is 0 Å². The number of benzene rings is 1. The summed E-state index contributed by atoms with van der Waals surface area (Å²) in [6.07, 6.45) is 2.95. The first kappa shape index (κ1) is 19.8. The quantitative estimate of drug-likeness (QED) is 0.295. The molecule has 2 N–H and O–H groups in total. The van der Waals surface area contributed by atoms with Gasteiger partial charge in [-0.1, -0.05) is 17.7 Å². The van der Waals surface area contributed by atoms with E-state index < -0.39 is 0 Å². The normalized spacial score (nSPS) is 20.3. The molecule has 1 aliphatic rings. The molecule has 1 fully saturated rings. The van der Waals surface area contributed by atoms with E-state index in [9.17, 15) is 4.39 Å². The predicted molar refractivity (Wildman–Crippen MR) is 105 cm³/mol. The highest BCUT2D eigenvalue weighted by atomic mass is 127. The van der Waals surface area contributed by atoms with Gasteiger partial charge in [0.1, 0.15) is 5.82 Å². The lowest BCUT2D eigenvalue weighted by Gasteiger charge is -2.11. The Morgan fingerprint density at radius 2 is 2.27 bits per heavy atom. The van der Waals surface area contributed by atoms with E-state index in [1.165, 1.54) is 6.07 Å². The van der Waals surface area contributed by atoms with Crippen molar-refractivity contribution in [3.63, 3.8) is 0 Å². The first-order valence-electron chi connectivity index (χ1n) is 7.15. The van der Waals surface area contributed by atoms with Gasteiger partial charge < -0.3 is 10.6 Å². The lowest BCUT2D eigenvalue weighted by Crippen LogP contribution is -2.39. The van der Waals surface area contributed by atoms with Crippen LogP contribution in [0.25, 0.3) is 0 Å². The van der Waals surface area contributed by atoms with Gasteiger partial charge in [-0.2, -0.15) is 11.8 Å². The highest BCUT2D eigenvalue weighted by molar-refractivity contribution is 14.0. The second-order valence-corrected chi connectivity index (χ2v) is 6.37. The number of hydrogen-bond acceptors (Lipinski definition) is 2. The fourth-order valence-corrected chi connectivity index (χ4v) is 2.86. The van der Waals surface area contributed by atoms with E-state index in [4.69, 9.17) is 11.6 Å². The van der Waals surface area contributed by atoms with Crippen molar-refractivity contribution >= 4 is 53.3 Å². The fourth-order valence-electron chi connectivity index (χ4n) is 2.28. The molecule has 0 saturated heterocycles. The predicted octanol–water partition coefficient (Wildman–Crippen LogP) is 3.87. The average Bonchev–Trinajstić information content (AvgIpc) is 3.18. The van der Waals surface area contributed by atoms with E-state index in [2.05, 4.69) is 21.9 Å². The van der Waals surface area contributed by atoms with Crippen LogP contribution in [0.1, 0.15) is 24.8 Å². The van der Waals surface area contributed by atoms with Crippen LogP contribution >= 0.6 is 47.3 Å². The third-order valence-corrected chi connectivity index (χ3v) is 4.31. The van der Waals surface area contributed by atoms with E-state index in [0.29, 0.717) is 10.6 Å². The van der Waals surface area contributed by atoms with Crippen LogP contribution in [0.5, 0.6) is 0 Å². The van der Waals surface area contributed by atoms with Crippen LogP contribution in [0.2, 0.25) is 5.02 Å². The van der Waals surface area contributed by atoms with Crippen LogP contribution < -0.4 is 10.6 Å². The number of nitrogens with zero attached hydrogens (tertiary/aromatic N) is 1. The topological polar surface area (TPSA) is 36.4 Å². The van der Waals surface area contributed by atoms with Crippen LogP contribution in [0.15, 0.2) is 23.2 Å². The fraction of sp³-hybridized carbons (Fsp3) is 0.533. The Labute approximate surface area is 157 Å². The van der Waals surface area contributed by atoms with Gasteiger partial charge in [0.15, 0.2) is 5.96 Å². The molecule has 0 radical (unpaired) electrons. The standard InChI is InChI=1S/C15H21ClFN3S.HI/c1-3-18-15(19-7-8-21-2)20-13-9-10(13)14-11(16)5-4-6-12(14)17;/h4-6,10,13H,3,7-9H2,1-2H3,(H2,18,19,20);1H. The summed E-state index contributed by atoms with van der Waals surface area (Å²) in [6, 6.07) is 5.05. The minimum Gasteiger partial charge on any atom is -0.357 e. The second-order valence-electron chi connectivity index (χ2n) is 4.98. The van der Waals surface area contributed by atoms with Crippen LogP contribution in [0, 0.1) is 5.82 Å². The van der Waals surface area contributed by atoms with E-state index in [-0.39, 0.29) is 41.8 Å². The minimum absolute atomic E-state index is 0. The van der Waals surface area contributed by atoms with Crippen molar-refractivity contribution in [3.05, 3.63) is 34.6 Å². The Kier molecular flexibility index (Phi) is 8.86. The SMILES string of the molecule is CCNC(=NCCSC)NC1CC1c1c(F)cccc1Cl.I. The molecule has 0 aliphatic heterocycles. The van der Waals surface area contributed by atoms with Crippen LogP contribution in [0.3, 0.4) is 0 Å². The van der Waals surface area contributed by atoms with Gasteiger partial charge >= 0.3 is 0 Å². The summed E-state index contributed by atoms with van der Waals surface area (Å²) in [5.41, 5.74) is 0.622. The maximum absolute atomic E-state index is 13.9.